The van der Waals surface area contributed by atoms with Crippen LogP contribution >= 0.6 is 22.7 Å². The Bertz CT molecular complexity index is 1020. The zero-order valence-electron chi connectivity index (χ0n) is 19.8. The van der Waals surface area contributed by atoms with E-state index in [-0.39, 0.29) is 6.10 Å². The largest absolute Gasteiger partial charge is 0.493 e. The highest BCUT2D eigenvalue weighted by Gasteiger charge is 2.25. The van der Waals surface area contributed by atoms with E-state index in [1.54, 1.807) is 22.7 Å². The van der Waals surface area contributed by atoms with Gasteiger partial charge in [0, 0.05) is 19.6 Å². The van der Waals surface area contributed by atoms with Gasteiger partial charge in [-0.05, 0) is 82.6 Å². The van der Waals surface area contributed by atoms with Crippen LogP contribution in [-0.2, 0) is 14.8 Å². The molecule has 0 unspecified atom stereocenters. The SMILES string of the molecule is CS(N)(=O)=O.Cc1ccccc1OCCCN1CCC(OC(c2ccsc2)c2ccsc2)CC1. The number of likely N-dealkylation sites (tertiary alicyclic amines) is 1. The number of aryl methyl sites for hydroxylation is 1. The molecule has 1 fully saturated rings. The predicted octanol–water partition coefficient (Wildman–Crippen LogP) is 5.06. The summed E-state index contributed by atoms with van der Waals surface area (Å²) in [6.45, 7) is 6.18. The zero-order valence-corrected chi connectivity index (χ0v) is 22.2. The molecule has 2 aromatic heterocycles. The maximum atomic E-state index is 9.41. The van der Waals surface area contributed by atoms with Gasteiger partial charge < -0.3 is 14.4 Å². The second kappa shape index (κ2) is 13.4. The zero-order chi connectivity index (χ0) is 24.4. The van der Waals surface area contributed by atoms with Gasteiger partial charge in [0.25, 0.3) is 0 Å². The first-order valence-corrected chi connectivity index (χ1v) is 15.2. The van der Waals surface area contributed by atoms with Crippen molar-refractivity contribution >= 4 is 32.7 Å². The summed E-state index contributed by atoms with van der Waals surface area (Å²) in [5.74, 6) is 1.01. The van der Waals surface area contributed by atoms with Gasteiger partial charge in [-0.1, -0.05) is 18.2 Å². The maximum absolute atomic E-state index is 9.41. The molecular formula is C25H34N2O4S3. The van der Waals surface area contributed by atoms with E-state index in [4.69, 9.17) is 9.47 Å². The van der Waals surface area contributed by atoms with E-state index in [1.165, 1.54) is 16.7 Å². The number of para-hydroxylation sites is 1. The molecule has 3 aromatic rings. The summed E-state index contributed by atoms with van der Waals surface area (Å²) < 4.78 is 31.3. The predicted molar refractivity (Wildman–Crippen MR) is 141 cm³/mol. The van der Waals surface area contributed by atoms with E-state index in [0.717, 1.165) is 57.5 Å². The van der Waals surface area contributed by atoms with Gasteiger partial charge in [-0.25, -0.2) is 13.6 Å². The molecule has 2 N–H and O–H groups in total. The number of primary sulfonamides is 1. The summed E-state index contributed by atoms with van der Waals surface area (Å²) in [6, 6.07) is 12.6. The fraction of sp³-hybridized carbons (Fsp3) is 0.440. The molecule has 186 valence electrons. The smallest absolute Gasteiger partial charge is 0.206 e. The first-order valence-electron chi connectivity index (χ1n) is 11.4. The van der Waals surface area contributed by atoms with Crippen molar-refractivity contribution in [2.24, 2.45) is 5.14 Å². The molecule has 0 atom stereocenters. The number of piperidine rings is 1. The van der Waals surface area contributed by atoms with Gasteiger partial charge in [0.2, 0.25) is 10.0 Å². The Kier molecular flexibility index (Phi) is 10.6. The first-order chi connectivity index (χ1) is 16.3. The average Bonchev–Trinajstić information content (AvgIpc) is 3.51. The number of ether oxygens (including phenoxy) is 2. The molecule has 1 aliphatic heterocycles. The standard InChI is InChI=1S/C24H29NO2S2.CH5NO2S/c1-19-5-2-3-6-23(19)26-14-4-11-25-12-7-22(8-13-25)27-24(20-9-15-28-17-20)21-10-16-29-18-21;1-5(2,3)4/h2-3,5-6,9-10,15-18,22,24H,4,7-8,11-14H2,1H3;1H3,(H2,2,3,4). The van der Waals surface area contributed by atoms with Crippen molar-refractivity contribution in [1.82, 2.24) is 4.90 Å². The Morgan fingerprint density at radius 1 is 1.06 bits per heavy atom. The Labute approximate surface area is 211 Å². The number of nitrogens with zero attached hydrogens (tertiary/aromatic N) is 1. The van der Waals surface area contributed by atoms with Crippen LogP contribution in [0.1, 0.15) is 42.1 Å². The number of nitrogens with two attached hydrogens (primary N) is 1. The van der Waals surface area contributed by atoms with Gasteiger partial charge >= 0.3 is 0 Å². The highest BCUT2D eigenvalue weighted by Crippen LogP contribution is 2.32. The van der Waals surface area contributed by atoms with Crippen LogP contribution in [0.4, 0.5) is 0 Å². The highest BCUT2D eigenvalue weighted by molar-refractivity contribution is 7.88. The van der Waals surface area contributed by atoms with Crippen molar-refractivity contribution in [3.05, 3.63) is 74.6 Å². The van der Waals surface area contributed by atoms with Crippen LogP contribution in [0.15, 0.2) is 57.9 Å². The van der Waals surface area contributed by atoms with Crippen molar-refractivity contribution in [3.63, 3.8) is 0 Å². The van der Waals surface area contributed by atoms with Gasteiger partial charge in [-0.2, -0.15) is 22.7 Å². The first kappa shape index (κ1) is 26.8. The molecule has 0 spiro atoms. The van der Waals surface area contributed by atoms with Crippen LogP contribution in [0.25, 0.3) is 0 Å². The molecular weight excluding hydrogens is 488 g/mol. The van der Waals surface area contributed by atoms with E-state index in [1.807, 2.05) is 6.07 Å². The molecule has 1 aliphatic rings. The average molecular weight is 523 g/mol. The number of hydrogen-bond acceptors (Lipinski definition) is 7. The molecule has 1 aromatic carbocycles. The lowest BCUT2D eigenvalue weighted by Gasteiger charge is -2.33. The Morgan fingerprint density at radius 3 is 2.18 bits per heavy atom. The number of benzene rings is 1. The van der Waals surface area contributed by atoms with Crippen LogP contribution < -0.4 is 9.88 Å². The molecule has 0 aliphatic carbocycles. The Morgan fingerprint density at radius 2 is 1.65 bits per heavy atom. The maximum Gasteiger partial charge on any atom is 0.206 e. The molecule has 4 rings (SSSR count). The second-order valence-corrected chi connectivity index (χ2v) is 11.7. The third-order valence-electron chi connectivity index (χ3n) is 5.52. The Hall–Kier alpha value is -1.75. The monoisotopic (exact) mass is 522 g/mol. The van der Waals surface area contributed by atoms with Crippen LogP contribution in [0.3, 0.4) is 0 Å². The molecule has 0 radical (unpaired) electrons. The molecule has 6 nitrogen and oxygen atoms in total. The van der Waals surface area contributed by atoms with Crippen molar-refractivity contribution in [2.75, 3.05) is 32.5 Å². The molecule has 0 saturated carbocycles. The highest BCUT2D eigenvalue weighted by atomic mass is 32.2. The minimum absolute atomic E-state index is 0.0755. The molecule has 34 heavy (non-hydrogen) atoms. The summed E-state index contributed by atoms with van der Waals surface area (Å²) in [5, 5.41) is 13.0. The van der Waals surface area contributed by atoms with Gasteiger partial charge in [0.05, 0.1) is 19.0 Å². The van der Waals surface area contributed by atoms with Gasteiger partial charge in [-0.3, -0.25) is 0 Å². The van der Waals surface area contributed by atoms with E-state index in [0.29, 0.717) is 6.10 Å². The summed E-state index contributed by atoms with van der Waals surface area (Å²) in [4.78, 5) is 2.55. The van der Waals surface area contributed by atoms with E-state index < -0.39 is 10.0 Å². The van der Waals surface area contributed by atoms with E-state index in [2.05, 4.69) is 68.8 Å². The summed E-state index contributed by atoms with van der Waals surface area (Å²) in [7, 11) is -3.17. The third-order valence-corrected chi connectivity index (χ3v) is 6.93. The lowest BCUT2D eigenvalue weighted by atomic mass is 10.0. The van der Waals surface area contributed by atoms with Gasteiger partial charge in [0.15, 0.2) is 0 Å². The van der Waals surface area contributed by atoms with Crippen molar-refractivity contribution in [2.45, 2.75) is 38.4 Å². The van der Waals surface area contributed by atoms with E-state index in [9.17, 15) is 8.42 Å². The van der Waals surface area contributed by atoms with Crippen LogP contribution in [-0.4, -0.2) is 51.9 Å². The van der Waals surface area contributed by atoms with Crippen LogP contribution in [0, 0.1) is 6.92 Å². The number of hydrogen-bond donors (Lipinski definition) is 1. The van der Waals surface area contributed by atoms with Gasteiger partial charge in [0.1, 0.15) is 11.9 Å². The quantitative estimate of drug-likeness (QED) is 0.397. The molecule has 0 bridgehead atoms. The topological polar surface area (TPSA) is 81.9 Å². The fourth-order valence-electron chi connectivity index (χ4n) is 3.85. The van der Waals surface area contributed by atoms with Crippen molar-refractivity contribution in [3.8, 4) is 5.75 Å². The fourth-order valence-corrected chi connectivity index (χ4v) is 5.20. The Balaban J connectivity index is 0.000000588. The third kappa shape index (κ3) is 9.48. The lowest BCUT2D eigenvalue weighted by Crippen LogP contribution is -2.38. The van der Waals surface area contributed by atoms with Crippen LogP contribution in [0.5, 0.6) is 5.75 Å². The number of rotatable bonds is 9. The summed E-state index contributed by atoms with van der Waals surface area (Å²) in [5.41, 5.74) is 3.77. The van der Waals surface area contributed by atoms with Crippen molar-refractivity contribution < 1.29 is 17.9 Å². The van der Waals surface area contributed by atoms with Crippen molar-refractivity contribution in [1.29, 1.82) is 0 Å². The minimum atomic E-state index is -3.17. The van der Waals surface area contributed by atoms with Gasteiger partial charge in [-0.15, -0.1) is 0 Å². The minimum Gasteiger partial charge on any atom is -0.493 e. The van der Waals surface area contributed by atoms with Crippen LogP contribution in [0.2, 0.25) is 0 Å². The number of thiophene rings is 2. The molecule has 9 heteroatoms. The summed E-state index contributed by atoms with van der Waals surface area (Å²) in [6.07, 6.45) is 4.61. The number of sulfonamides is 1. The second-order valence-electron chi connectivity index (χ2n) is 8.47. The molecule has 0 amide bonds. The lowest BCUT2D eigenvalue weighted by molar-refractivity contribution is -0.0270. The molecule has 1 saturated heterocycles. The summed E-state index contributed by atoms with van der Waals surface area (Å²) >= 11 is 3.48. The normalized spacial score (nSPS) is 15.2. The molecule has 3 heterocycles. The van der Waals surface area contributed by atoms with E-state index >= 15 is 0 Å².